The summed E-state index contributed by atoms with van der Waals surface area (Å²) in [6.07, 6.45) is 1.76. The van der Waals surface area contributed by atoms with E-state index >= 15 is 0 Å². The number of rotatable bonds is 3. The first-order chi connectivity index (χ1) is 10.8. The van der Waals surface area contributed by atoms with Gasteiger partial charge in [-0.3, -0.25) is 9.20 Å². The van der Waals surface area contributed by atoms with Crippen LogP contribution in [0.25, 0.3) is 15.7 Å². The summed E-state index contributed by atoms with van der Waals surface area (Å²) in [6.45, 7) is 0. The van der Waals surface area contributed by atoms with E-state index in [0.717, 1.165) is 10.7 Å². The molecule has 0 fully saturated rings. The highest BCUT2D eigenvalue weighted by molar-refractivity contribution is 7.98. The second-order valence-corrected chi connectivity index (χ2v) is 6.86. The average Bonchev–Trinajstić information content (AvgIpc) is 3.02. The zero-order valence-corrected chi connectivity index (χ0v) is 13.2. The lowest BCUT2D eigenvalue weighted by atomic mass is 10.1. The fraction of sp³-hybridized carbons (Fsp3) is 0.0588. The van der Waals surface area contributed by atoms with Crippen molar-refractivity contribution >= 4 is 38.8 Å². The Morgan fingerprint density at radius 2 is 1.95 bits per heavy atom. The Morgan fingerprint density at radius 1 is 1.09 bits per heavy atom. The largest absolute Gasteiger partial charge is 0.269 e. The van der Waals surface area contributed by atoms with Gasteiger partial charge in [0.15, 0.2) is 4.96 Å². The molecule has 0 atom stereocenters. The molecule has 22 heavy (non-hydrogen) atoms. The molecule has 0 unspecified atom stereocenters. The van der Waals surface area contributed by atoms with Crippen molar-refractivity contribution in [2.75, 3.05) is 0 Å². The predicted octanol–water partition coefficient (Wildman–Crippen LogP) is 4.20. The van der Waals surface area contributed by atoms with Crippen LogP contribution in [-0.2, 0) is 5.75 Å². The molecule has 0 saturated carbocycles. The molecule has 0 amide bonds. The molecule has 0 spiro atoms. The van der Waals surface area contributed by atoms with Gasteiger partial charge in [0.1, 0.15) is 0 Å². The lowest BCUT2D eigenvalue weighted by Gasteiger charge is -2.04. The number of fused-ring (bicyclic) bond motifs is 2. The zero-order chi connectivity index (χ0) is 14.9. The lowest BCUT2D eigenvalue weighted by molar-refractivity contribution is 1.04. The summed E-state index contributed by atoms with van der Waals surface area (Å²) in [5, 5.41) is 4.35. The summed E-state index contributed by atoms with van der Waals surface area (Å²) in [5.41, 5.74) is 0.811. The predicted molar refractivity (Wildman–Crippen MR) is 92.8 cm³/mol. The number of aromatic nitrogens is 2. The normalized spacial score (nSPS) is 11.3. The molecule has 0 aliphatic heterocycles. The van der Waals surface area contributed by atoms with Gasteiger partial charge in [0.2, 0.25) is 0 Å². The molecule has 108 valence electrons. The van der Waals surface area contributed by atoms with E-state index < -0.39 is 0 Å². The standard InChI is InChI=1S/C17H12N2OS2/c20-16-10-14(18-17-19(16)7-8-21-17)11-22-15-6-5-12-3-1-2-4-13(12)9-15/h1-10H,11H2. The summed E-state index contributed by atoms with van der Waals surface area (Å²) < 4.78 is 1.58. The van der Waals surface area contributed by atoms with Crippen LogP contribution in [0, 0.1) is 0 Å². The van der Waals surface area contributed by atoms with Crippen LogP contribution in [0.1, 0.15) is 5.69 Å². The number of thiazole rings is 1. The van der Waals surface area contributed by atoms with Gasteiger partial charge in [0, 0.05) is 28.3 Å². The minimum Gasteiger partial charge on any atom is -0.269 e. The number of thioether (sulfide) groups is 1. The van der Waals surface area contributed by atoms with E-state index in [1.54, 1.807) is 28.4 Å². The van der Waals surface area contributed by atoms with Gasteiger partial charge >= 0.3 is 0 Å². The molecule has 2 aromatic heterocycles. The van der Waals surface area contributed by atoms with E-state index in [0.29, 0.717) is 5.75 Å². The summed E-state index contributed by atoms with van der Waals surface area (Å²) in [7, 11) is 0. The third-order valence-electron chi connectivity index (χ3n) is 3.46. The molecule has 5 heteroatoms. The first-order valence-corrected chi connectivity index (χ1v) is 8.73. The monoisotopic (exact) mass is 324 g/mol. The van der Waals surface area contributed by atoms with Crippen LogP contribution < -0.4 is 5.56 Å². The van der Waals surface area contributed by atoms with Crippen molar-refractivity contribution in [1.29, 1.82) is 0 Å². The second-order valence-electron chi connectivity index (χ2n) is 4.94. The molecule has 4 aromatic rings. The summed E-state index contributed by atoms with van der Waals surface area (Å²) >= 11 is 3.18. The zero-order valence-electron chi connectivity index (χ0n) is 11.6. The van der Waals surface area contributed by atoms with Crippen molar-refractivity contribution in [3.8, 4) is 0 Å². The average molecular weight is 324 g/mol. The molecule has 0 saturated heterocycles. The van der Waals surface area contributed by atoms with E-state index in [1.165, 1.54) is 27.0 Å². The minimum absolute atomic E-state index is 0.0136. The van der Waals surface area contributed by atoms with Crippen LogP contribution in [0.15, 0.2) is 69.8 Å². The molecule has 3 nitrogen and oxygen atoms in total. The number of nitrogens with zero attached hydrogens (tertiary/aromatic N) is 2. The number of hydrogen-bond donors (Lipinski definition) is 0. The Hall–Kier alpha value is -2.11. The maximum atomic E-state index is 12.0. The Bertz CT molecular complexity index is 1020. The molecule has 2 aromatic carbocycles. The van der Waals surface area contributed by atoms with Gasteiger partial charge in [-0.2, -0.15) is 0 Å². The van der Waals surface area contributed by atoms with Gasteiger partial charge in [-0.05, 0) is 22.9 Å². The van der Waals surface area contributed by atoms with E-state index in [1.807, 2.05) is 17.5 Å². The van der Waals surface area contributed by atoms with Gasteiger partial charge in [-0.15, -0.1) is 23.1 Å². The Labute approximate surface area is 135 Å². The number of benzene rings is 2. The minimum atomic E-state index is -0.0136. The molecular weight excluding hydrogens is 312 g/mol. The van der Waals surface area contributed by atoms with Gasteiger partial charge in [0.25, 0.3) is 5.56 Å². The van der Waals surface area contributed by atoms with Gasteiger partial charge < -0.3 is 0 Å². The Morgan fingerprint density at radius 3 is 2.86 bits per heavy atom. The van der Waals surface area contributed by atoms with Crippen LogP contribution in [0.3, 0.4) is 0 Å². The highest BCUT2D eigenvalue weighted by Gasteiger charge is 2.04. The van der Waals surface area contributed by atoms with Crippen LogP contribution >= 0.6 is 23.1 Å². The second kappa shape index (κ2) is 5.59. The summed E-state index contributed by atoms with van der Waals surface area (Å²) in [6, 6.07) is 16.3. The highest BCUT2D eigenvalue weighted by atomic mass is 32.2. The highest BCUT2D eigenvalue weighted by Crippen LogP contribution is 2.26. The summed E-state index contributed by atoms with van der Waals surface area (Å²) in [4.78, 5) is 18.4. The maximum Gasteiger partial charge on any atom is 0.258 e. The third kappa shape index (κ3) is 2.53. The number of hydrogen-bond acceptors (Lipinski definition) is 4. The van der Waals surface area contributed by atoms with E-state index in [4.69, 9.17) is 0 Å². The molecule has 0 aliphatic carbocycles. The Kier molecular flexibility index (Phi) is 3.44. The molecule has 4 rings (SSSR count). The van der Waals surface area contributed by atoms with Gasteiger partial charge in [0.05, 0.1) is 5.69 Å². The van der Waals surface area contributed by atoms with Crippen molar-refractivity contribution in [3.63, 3.8) is 0 Å². The summed E-state index contributed by atoms with van der Waals surface area (Å²) in [5.74, 6) is 0.696. The van der Waals surface area contributed by atoms with Crippen molar-refractivity contribution < 1.29 is 0 Å². The molecule has 2 heterocycles. The SMILES string of the molecule is O=c1cc(CSc2ccc3ccccc3c2)nc2sccn12. The van der Waals surface area contributed by atoms with Crippen molar-refractivity contribution in [2.24, 2.45) is 0 Å². The van der Waals surface area contributed by atoms with Crippen LogP contribution in [0.5, 0.6) is 0 Å². The maximum absolute atomic E-state index is 12.0. The quantitative estimate of drug-likeness (QED) is 0.530. The molecule has 0 aliphatic rings. The topological polar surface area (TPSA) is 34.4 Å². The van der Waals surface area contributed by atoms with Crippen molar-refractivity contribution in [2.45, 2.75) is 10.6 Å². The fourth-order valence-corrected chi connectivity index (χ4v) is 3.95. The van der Waals surface area contributed by atoms with Crippen LogP contribution in [-0.4, -0.2) is 9.38 Å². The van der Waals surface area contributed by atoms with Crippen LogP contribution in [0.2, 0.25) is 0 Å². The first-order valence-electron chi connectivity index (χ1n) is 6.87. The first kappa shape index (κ1) is 13.5. The third-order valence-corrected chi connectivity index (χ3v) is 5.25. The lowest BCUT2D eigenvalue weighted by Crippen LogP contribution is -2.12. The van der Waals surface area contributed by atoms with Gasteiger partial charge in [-0.1, -0.05) is 30.3 Å². The van der Waals surface area contributed by atoms with Gasteiger partial charge in [-0.25, -0.2) is 4.98 Å². The van der Waals surface area contributed by atoms with E-state index in [-0.39, 0.29) is 5.56 Å². The molecule has 0 bridgehead atoms. The van der Waals surface area contributed by atoms with E-state index in [2.05, 4.69) is 35.3 Å². The fourth-order valence-electron chi connectivity index (χ4n) is 2.38. The molecular formula is C17H12N2OS2. The van der Waals surface area contributed by atoms with Crippen molar-refractivity contribution in [1.82, 2.24) is 9.38 Å². The molecule has 0 radical (unpaired) electrons. The Balaban J connectivity index is 1.60. The molecule has 0 N–H and O–H groups in total. The van der Waals surface area contributed by atoms with E-state index in [9.17, 15) is 4.79 Å². The van der Waals surface area contributed by atoms with Crippen molar-refractivity contribution in [3.05, 3.63) is 76.2 Å². The van der Waals surface area contributed by atoms with Crippen LogP contribution in [0.4, 0.5) is 0 Å². The smallest absolute Gasteiger partial charge is 0.258 e.